The lowest BCUT2D eigenvalue weighted by molar-refractivity contribution is -0.118. The van der Waals surface area contributed by atoms with E-state index in [0.29, 0.717) is 15.7 Å². The molecule has 0 spiro atoms. The molecule has 0 fully saturated rings. The Morgan fingerprint density at radius 2 is 2.04 bits per heavy atom. The molecule has 2 N–H and O–H groups in total. The summed E-state index contributed by atoms with van der Waals surface area (Å²) in [7, 11) is 0. The molecule has 3 rings (SSSR count). The minimum Gasteiger partial charge on any atom is -0.273 e. The van der Waals surface area contributed by atoms with Crippen LogP contribution in [-0.4, -0.2) is 16.6 Å². The molecule has 23 heavy (non-hydrogen) atoms. The molecule has 4 nitrogen and oxygen atoms in total. The number of carbonyl (C=O) groups is 1. The number of hydrogen-bond donors (Lipinski definition) is 2. The summed E-state index contributed by atoms with van der Waals surface area (Å²) in [6.45, 7) is 0. The molecule has 1 aromatic heterocycles. The van der Waals surface area contributed by atoms with Crippen molar-refractivity contribution in [3.8, 4) is 0 Å². The zero-order valence-electron chi connectivity index (χ0n) is 11.7. The third-order valence-corrected chi connectivity index (χ3v) is 5.04. The van der Waals surface area contributed by atoms with Crippen molar-refractivity contribution < 1.29 is 9.18 Å². The maximum Gasteiger partial charge on any atom is 0.248 e. The summed E-state index contributed by atoms with van der Waals surface area (Å²) in [4.78, 5) is 17.0. The van der Waals surface area contributed by atoms with Gasteiger partial charge in [0.05, 0.1) is 16.0 Å². The molecule has 8 heteroatoms. The van der Waals surface area contributed by atoms with Gasteiger partial charge in [-0.25, -0.2) is 9.37 Å². The van der Waals surface area contributed by atoms with E-state index in [4.69, 9.17) is 11.6 Å². The van der Waals surface area contributed by atoms with E-state index < -0.39 is 0 Å². The fraction of sp³-hybridized carbons (Fsp3) is 0.0667. The minimum atomic E-state index is -0.309. The summed E-state index contributed by atoms with van der Waals surface area (Å²) in [5, 5.41) is 1.17. The third kappa shape index (κ3) is 4.34. The van der Waals surface area contributed by atoms with Crippen LogP contribution in [-0.2, 0) is 4.79 Å². The van der Waals surface area contributed by atoms with Crippen LogP contribution in [0.3, 0.4) is 0 Å². The van der Waals surface area contributed by atoms with Gasteiger partial charge in [0.1, 0.15) is 5.82 Å². The number of carbonyl (C=O) groups excluding carboxylic acids is 1. The van der Waals surface area contributed by atoms with Gasteiger partial charge in [0.25, 0.3) is 0 Å². The van der Waals surface area contributed by atoms with Gasteiger partial charge in [0, 0.05) is 9.92 Å². The molecule has 0 unspecified atom stereocenters. The van der Waals surface area contributed by atoms with Crippen molar-refractivity contribution in [2.24, 2.45) is 0 Å². The Hall–Kier alpha value is -1.83. The van der Waals surface area contributed by atoms with Gasteiger partial charge < -0.3 is 0 Å². The van der Waals surface area contributed by atoms with Gasteiger partial charge in [-0.1, -0.05) is 22.9 Å². The van der Waals surface area contributed by atoms with Crippen molar-refractivity contribution in [2.75, 3.05) is 11.2 Å². The average molecular weight is 368 g/mol. The van der Waals surface area contributed by atoms with Gasteiger partial charge in [0.2, 0.25) is 11.0 Å². The number of nitrogens with zero attached hydrogens (tertiary/aromatic N) is 1. The Labute approximate surface area is 145 Å². The highest BCUT2D eigenvalue weighted by molar-refractivity contribution is 8.00. The fourth-order valence-corrected chi connectivity index (χ4v) is 3.46. The largest absolute Gasteiger partial charge is 0.273 e. The van der Waals surface area contributed by atoms with Gasteiger partial charge in [0.15, 0.2) is 0 Å². The number of aromatic nitrogens is 1. The Morgan fingerprint density at radius 3 is 2.83 bits per heavy atom. The van der Waals surface area contributed by atoms with Crippen LogP contribution in [0, 0.1) is 5.82 Å². The average Bonchev–Trinajstić information content (AvgIpc) is 2.94. The molecule has 0 bridgehead atoms. The first-order chi connectivity index (χ1) is 11.1. The molecule has 0 aliphatic heterocycles. The lowest BCUT2D eigenvalue weighted by Gasteiger charge is -2.05. The summed E-state index contributed by atoms with van der Waals surface area (Å²) in [6.07, 6.45) is 0. The van der Waals surface area contributed by atoms with Crippen molar-refractivity contribution >= 4 is 56.0 Å². The van der Waals surface area contributed by atoms with Crippen molar-refractivity contribution in [3.05, 3.63) is 53.3 Å². The highest BCUT2D eigenvalue weighted by Gasteiger charge is 2.07. The fourth-order valence-electron chi connectivity index (χ4n) is 1.79. The number of nitrogens with one attached hydrogen (secondary N) is 2. The molecule has 1 heterocycles. The zero-order valence-corrected chi connectivity index (χ0v) is 14.1. The minimum absolute atomic E-state index is 0.185. The first kappa shape index (κ1) is 16.0. The Morgan fingerprint density at radius 1 is 1.26 bits per heavy atom. The lowest BCUT2D eigenvalue weighted by Crippen LogP contribution is -2.30. The number of fused-ring (bicyclic) bond motifs is 1. The monoisotopic (exact) mass is 367 g/mol. The number of amides is 1. The molecule has 2 aromatic carbocycles. The summed E-state index contributed by atoms with van der Waals surface area (Å²) in [6, 6.07) is 11.6. The van der Waals surface area contributed by atoms with E-state index in [1.165, 1.54) is 35.2 Å². The second kappa shape index (κ2) is 7.16. The van der Waals surface area contributed by atoms with E-state index in [1.807, 2.05) is 12.1 Å². The summed E-state index contributed by atoms with van der Waals surface area (Å²) < 4.78 is 13.8. The number of thiazole rings is 1. The van der Waals surface area contributed by atoms with Crippen molar-refractivity contribution in [1.29, 1.82) is 0 Å². The van der Waals surface area contributed by atoms with E-state index in [-0.39, 0.29) is 17.5 Å². The van der Waals surface area contributed by atoms with Crippen molar-refractivity contribution in [2.45, 2.75) is 4.90 Å². The van der Waals surface area contributed by atoms with Crippen LogP contribution in [0.25, 0.3) is 10.2 Å². The lowest BCUT2D eigenvalue weighted by atomic mass is 10.3. The van der Waals surface area contributed by atoms with Crippen LogP contribution >= 0.6 is 34.7 Å². The number of thioether (sulfide) groups is 1. The third-order valence-electron chi connectivity index (χ3n) is 2.84. The Balaban J connectivity index is 1.52. The van der Waals surface area contributed by atoms with E-state index in [9.17, 15) is 9.18 Å². The maximum atomic E-state index is 13.1. The first-order valence-electron chi connectivity index (χ1n) is 6.59. The van der Waals surface area contributed by atoms with E-state index in [2.05, 4.69) is 15.8 Å². The van der Waals surface area contributed by atoms with Crippen LogP contribution in [0.5, 0.6) is 0 Å². The number of rotatable bonds is 5. The van der Waals surface area contributed by atoms with Gasteiger partial charge in [-0.3, -0.25) is 15.6 Å². The predicted molar refractivity (Wildman–Crippen MR) is 93.5 cm³/mol. The highest BCUT2D eigenvalue weighted by Crippen LogP contribution is 2.26. The highest BCUT2D eigenvalue weighted by atomic mass is 35.5. The molecule has 3 aromatic rings. The van der Waals surface area contributed by atoms with Gasteiger partial charge >= 0.3 is 0 Å². The maximum absolute atomic E-state index is 13.1. The van der Waals surface area contributed by atoms with Crippen LogP contribution in [0.4, 0.5) is 9.52 Å². The van der Waals surface area contributed by atoms with Crippen LogP contribution in [0.2, 0.25) is 5.02 Å². The van der Waals surface area contributed by atoms with Crippen LogP contribution in [0.1, 0.15) is 0 Å². The van der Waals surface area contributed by atoms with Gasteiger partial charge in [-0.2, -0.15) is 0 Å². The van der Waals surface area contributed by atoms with Crippen LogP contribution in [0.15, 0.2) is 47.4 Å². The van der Waals surface area contributed by atoms with Crippen molar-refractivity contribution in [1.82, 2.24) is 10.4 Å². The molecule has 0 aliphatic rings. The van der Waals surface area contributed by atoms with Gasteiger partial charge in [-0.15, -0.1) is 11.8 Å². The first-order valence-corrected chi connectivity index (χ1v) is 8.77. The Kier molecular flexibility index (Phi) is 5.00. The second-order valence-electron chi connectivity index (χ2n) is 4.55. The summed E-state index contributed by atoms with van der Waals surface area (Å²) >= 11 is 8.48. The van der Waals surface area contributed by atoms with E-state index in [1.54, 1.807) is 18.2 Å². The number of hydrazine groups is 1. The number of anilines is 1. The molecule has 0 aliphatic carbocycles. The topological polar surface area (TPSA) is 54.0 Å². The Bertz CT molecular complexity index is 838. The molecule has 1 amide bonds. The van der Waals surface area contributed by atoms with Crippen LogP contribution < -0.4 is 10.9 Å². The molecular weight excluding hydrogens is 357 g/mol. The number of hydrogen-bond acceptors (Lipinski definition) is 5. The smallest absolute Gasteiger partial charge is 0.248 e. The SMILES string of the molecule is O=C(CSc1ccc(Cl)cc1)NNc1nc2ccc(F)cc2s1. The normalized spacial score (nSPS) is 10.7. The molecule has 0 atom stereocenters. The molecule has 118 valence electrons. The van der Waals surface area contributed by atoms with Crippen molar-refractivity contribution in [3.63, 3.8) is 0 Å². The molecule has 0 radical (unpaired) electrons. The van der Waals surface area contributed by atoms with Gasteiger partial charge in [-0.05, 0) is 42.5 Å². The standard InChI is InChI=1S/C15H11ClFN3OS2/c16-9-1-4-11(5-2-9)22-8-14(21)19-20-15-18-12-6-3-10(17)7-13(12)23-15/h1-7H,8H2,(H,18,20)(H,19,21). The molecular formula is C15H11ClFN3OS2. The van der Waals surface area contributed by atoms with E-state index in [0.717, 1.165) is 9.60 Å². The summed E-state index contributed by atoms with van der Waals surface area (Å²) in [5.74, 6) is -0.236. The second-order valence-corrected chi connectivity index (χ2v) is 7.06. The molecule has 0 saturated carbocycles. The number of benzene rings is 2. The summed E-state index contributed by atoms with van der Waals surface area (Å²) in [5.41, 5.74) is 6.01. The number of halogens is 2. The zero-order chi connectivity index (χ0) is 16.2. The molecule has 0 saturated heterocycles. The quantitative estimate of drug-likeness (QED) is 0.520. The predicted octanol–water partition coefficient (Wildman–Crippen LogP) is 4.32. The van der Waals surface area contributed by atoms with E-state index >= 15 is 0 Å².